The number of hydrogen-bond donors (Lipinski definition) is 1. The first kappa shape index (κ1) is 21.0. The summed E-state index contributed by atoms with van der Waals surface area (Å²) in [4.78, 5) is 18.4. The third-order valence-corrected chi connectivity index (χ3v) is 6.96. The molecule has 5 rings (SSSR count). The Morgan fingerprint density at radius 2 is 1.64 bits per heavy atom. The van der Waals surface area contributed by atoms with Gasteiger partial charge in [-0.15, -0.1) is 11.3 Å². The van der Waals surface area contributed by atoms with Gasteiger partial charge in [0.25, 0.3) is 5.56 Å². The highest BCUT2D eigenvalue weighted by Crippen LogP contribution is 2.34. The van der Waals surface area contributed by atoms with Gasteiger partial charge in [-0.1, -0.05) is 18.2 Å². The Morgan fingerprint density at radius 3 is 2.33 bits per heavy atom. The largest absolute Gasteiger partial charge is 0.508 e. The average Bonchev–Trinajstić information content (AvgIpc) is 3.46. The normalized spacial score (nSPS) is 11.3. The molecule has 0 unspecified atom stereocenters. The van der Waals surface area contributed by atoms with Crippen LogP contribution in [0.5, 0.6) is 5.75 Å². The van der Waals surface area contributed by atoms with Gasteiger partial charge in [0.15, 0.2) is 0 Å². The second-order valence-corrected chi connectivity index (χ2v) is 8.97. The molecule has 0 aliphatic rings. The SMILES string of the molecule is Cc1cc(-c2csc(-c3ccc(O)cc3)n2)c(C)n1-c1c(C)n(C)n(-c2ccccc2)c1=O. The Labute approximate surface area is 195 Å². The molecule has 0 fully saturated rings. The van der Waals surface area contributed by atoms with E-state index in [4.69, 9.17) is 4.98 Å². The minimum Gasteiger partial charge on any atom is -0.508 e. The Bertz CT molecular complexity index is 1520. The number of aryl methyl sites for hydroxylation is 1. The van der Waals surface area contributed by atoms with E-state index in [2.05, 4.69) is 6.07 Å². The number of aromatic nitrogens is 4. The molecule has 0 bridgehead atoms. The fourth-order valence-corrected chi connectivity index (χ4v) is 5.14. The van der Waals surface area contributed by atoms with Gasteiger partial charge in [0.2, 0.25) is 0 Å². The van der Waals surface area contributed by atoms with Crippen LogP contribution in [0.15, 0.2) is 70.8 Å². The number of phenolic OH excluding ortho intramolecular Hbond substituents is 1. The Kier molecular flexibility index (Phi) is 5.06. The molecule has 0 radical (unpaired) electrons. The summed E-state index contributed by atoms with van der Waals surface area (Å²) in [5.74, 6) is 0.235. The molecule has 0 aliphatic heterocycles. The van der Waals surface area contributed by atoms with Crippen LogP contribution in [0, 0.1) is 20.8 Å². The number of thiazole rings is 1. The average molecular weight is 457 g/mol. The monoisotopic (exact) mass is 456 g/mol. The van der Waals surface area contributed by atoms with Crippen molar-refractivity contribution in [1.82, 2.24) is 18.9 Å². The van der Waals surface area contributed by atoms with Crippen LogP contribution >= 0.6 is 11.3 Å². The maximum absolute atomic E-state index is 13.6. The topological polar surface area (TPSA) is 65.0 Å². The molecule has 2 aromatic carbocycles. The molecule has 0 amide bonds. The van der Waals surface area contributed by atoms with E-state index in [0.717, 1.165) is 44.6 Å². The zero-order valence-electron chi connectivity index (χ0n) is 18.9. The van der Waals surface area contributed by atoms with E-state index in [-0.39, 0.29) is 11.3 Å². The summed E-state index contributed by atoms with van der Waals surface area (Å²) in [7, 11) is 1.91. The molecule has 3 heterocycles. The number of rotatable bonds is 4. The van der Waals surface area contributed by atoms with Crippen molar-refractivity contribution in [3.8, 4) is 39.0 Å². The van der Waals surface area contributed by atoms with Gasteiger partial charge in [-0.2, -0.15) is 0 Å². The molecular formula is C26H24N4O2S. The number of aromatic hydroxyl groups is 1. The van der Waals surface area contributed by atoms with Crippen molar-refractivity contribution >= 4 is 11.3 Å². The summed E-state index contributed by atoms with van der Waals surface area (Å²) in [6, 6.07) is 18.8. The van der Waals surface area contributed by atoms with E-state index in [9.17, 15) is 9.90 Å². The number of phenols is 1. The Balaban J connectivity index is 1.62. The molecule has 0 aliphatic carbocycles. The van der Waals surface area contributed by atoms with Crippen LogP contribution < -0.4 is 5.56 Å². The highest BCUT2D eigenvalue weighted by Gasteiger charge is 2.23. The maximum Gasteiger partial charge on any atom is 0.295 e. The zero-order chi connectivity index (χ0) is 23.3. The van der Waals surface area contributed by atoms with Gasteiger partial charge < -0.3 is 9.67 Å². The third-order valence-electron chi connectivity index (χ3n) is 6.07. The number of para-hydroxylation sites is 1. The van der Waals surface area contributed by atoms with Crippen LogP contribution in [0.3, 0.4) is 0 Å². The highest BCUT2D eigenvalue weighted by atomic mass is 32.1. The number of benzene rings is 2. The van der Waals surface area contributed by atoms with Crippen molar-refractivity contribution in [1.29, 1.82) is 0 Å². The lowest BCUT2D eigenvalue weighted by Gasteiger charge is -2.08. The van der Waals surface area contributed by atoms with Crippen LogP contribution in [0.25, 0.3) is 33.2 Å². The molecule has 3 aromatic heterocycles. The fourth-order valence-electron chi connectivity index (χ4n) is 4.31. The van der Waals surface area contributed by atoms with E-state index >= 15 is 0 Å². The number of hydrogen-bond acceptors (Lipinski definition) is 4. The van der Waals surface area contributed by atoms with Gasteiger partial charge in [0, 0.05) is 34.9 Å². The van der Waals surface area contributed by atoms with Gasteiger partial charge >= 0.3 is 0 Å². The standard InChI is InChI=1S/C26H24N4O2S/c1-16-14-22(23-15-33-25(27-23)19-10-12-21(31)13-11-19)17(2)29(16)24-18(3)28(4)30(26(24)32)20-8-6-5-7-9-20/h5-15,31H,1-4H3. The van der Waals surface area contributed by atoms with Crippen LogP contribution in [0.2, 0.25) is 0 Å². The predicted molar refractivity (Wildman–Crippen MR) is 133 cm³/mol. The molecule has 1 N–H and O–H groups in total. The summed E-state index contributed by atoms with van der Waals surface area (Å²) in [5, 5.41) is 12.5. The van der Waals surface area contributed by atoms with E-state index < -0.39 is 0 Å². The van der Waals surface area contributed by atoms with Crippen LogP contribution in [-0.2, 0) is 7.05 Å². The lowest BCUT2D eigenvalue weighted by Crippen LogP contribution is -2.21. The Hall–Kier alpha value is -3.84. The molecule has 0 saturated heterocycles. The minimum atomic E-state index is -0.0578. The smallest absolute Gasteiger partial charge is 0.295 e. The van der Waals surface area contributed by atoms with Gasteiger partial charge in [0.1, 0.15) is 16.4 Å². The number of nitrogens with zero attached hydrogens (tertiary/aromatic N) is 4. The van der Waals surface area contributed by atoms with Crippen LogP contribution in [0.1, 0.15) is 17.1 Å². The van der Waals surface area contributed by atoms with Gasteiger partial charge in [0.05, 0.1) is 17.1 Å². The van der Waals surface area contributed by atoms with Crippen molar-refractivity contribution in [2.75, 3.05) is 0 Å². The molecular weight excluding hydrogens is 432 g/mol. The third kappa shape index (κ3) is 3.41. The van der Waals surface area contributed by atoms with Gasteiger partial charge in [-0.3, -0.25) is 9.48 Å². The first-order valence-corrected chi connectivity index (χ1v) is 11.5. The van der Waals surface area contributed by atoms with E-state index in [1.165, 1.54) is 0 Å². The molecule has 33 heavy (non-hydrogen) atoms. The quantitative estimate of drug-likeness (QED) is 0.394. The van der Waals surface area contributed by atoms with E-state index in [0.29, 0.717) is 5.69 Å². The maximum atomic E-state index is 13.6. The van der Waals surface area contributed by atoms with Gasteiger partial charge in [-0.25, -0.2) is 9.67 Å². The summed E-state index contributed by atoms with van der Waals surface area (Å²) in [6.45, 7) is 6.02. The summed E-state index contributed by atoms with van der Waals surface area (Å²) in [6.07, 6.45) is 0. The van der Waals surface area contributed by atoms with Crippen molar-refractivity contribution < 1.29 is 5.11 Å². The fraction of sp³-hybridized carbons (Fsp3) is 0.154. The van der Waals surface area contributed by atoms with Gasteiger partial charge in [-0.05, 0) is 63.2 Å². The van der Waals surface area contributed by atoms with Crippen molar-refractivity contribution in [2.45, 2.75) is 20.8 Å². The van der Waals surface area contributed by atoms with Crippen molar-refractivity contribution in [3.05, 3.63) is 93.5 Å². The Morgan fingerprint density at radius 1 is 0.939 bits per heavy atom. The highest BCUT2D eigenvalue weighted by molar-refractivity contribution is 7.13. The summed E-state index contributed by atoms with van der Waals surface area (Å²) < 4.78 is 5.64. The van der Waals surface area contributed by atoms with E-state index in [1.807, 2.05) is 84.9 Å². The molecule has 0 spiro atoms. The first-order valence-electron chi connectivity index (χ1n) is 10.7. The molecule has 166 valence electrons. The molecule has 0 saturated carbocycles. The predicted octanol–water partition coefficient (Wildman–Crippen LogP) is 5.39. The second-order valence-electron chi connectivity index (χ2n) is 8.12. The lowest BCUT2D eigenvalue weighted by molar-refractivity contribution is 0.475. The molecule has 7 heteroatoms. The molecule has 5 aromatic rings. The first-order chi connectivity index (χ1) is 15.9. The van der Waals surface area contributed by atoms with Crippen molar-refractivity contribution in [2.24, 2.45) is 7.05 Å². The molecule has 0 atom stereocenters. The van der Waals surface area contributed by atoms with Crippen LogP contribution in [0.4, 0.5) is 0 Å². The second kappa shape index (κ2) is 7.94. The minimum absolute atomic E-state index is 0.0578. The zero-order valence-corrected chi connectivity index (χ0v) is 19.7. The van der Waals surface area contributed by atoms with E-state index in [1.54, 1.807) is 28.2 Å². The molecule has 6 nitrogen and oxygen atoms in total. The van der Waals surface area contributed by atoms with Crippen molar-refractivity contribution in [3.63, 3.8) is 0 Å². The summed E-state index contributed by atoms with van der Waals surface area (Å²) in [5.41, 5.74) is 7.10. The lowest BCUT2D eigenvalue weighted by atomic mass is 10.2. The van der Waals surface area contributed by atoms with Crippen LogP contribution in [-0.4, -0.2) is 24.0 Å². The summed E-state index contributed by atoms with van der Waals surface area (Å²) >= 11 is 1.56.